The van der Waals surface area contributed by atoms with Gasteiger partial charge in [-0.15, -0.1) is 0 Å². The number of carbonyl (C=O) groups excluding carboxylic acids is 2. The summed E-state index contributed by atoms with van der Waals surface area (Å²) in [6.45, 7) is 0. The van der Waals surface area contributed by atoms with Crippen molar-refractivity contribution in [3.05, 3.63) is 69.3 Å². The van der Waals surface area contributed by atoms with Gasteiger partial charge in [-0.05, 0) is 37.1 Å². The minimum atomic E-state index is -0.311. The first kappa shape index (κ1) is 19.0. The second-order valence-corrected chi connectivity index (χ2v) is 7.80. The van der Waals surface area contributed by atoms with Crippen LogP contribution < -0.4 is 9.64 Å². The molecule has 0 bridgehead atoms. The van der Waals surface area contributed by atoms with Gasteiger partial charge in [-0.3, -0.25) is 14.5 Å². The van der Waals surface area contributed by atoms with Gasteiger partial charge in [-0.2, -0.15) is 0 Å². The molecule has 0 saturated heterocycles. The summed E-state index contributed by atoms with van der Waals surface area (Å²) in [4.78, 5) is 27.8. The number of amides is 1. The highest BCUT2D eigenvalue weighted by atomic mass is 35.5. The lowest BCUT2D eigenvalue weighted by Crippen LogP contribution is -2.40. The first-order chi connectivity index (χ1) is 13.5. The molecule has 4 nitrogen and oxygen atoms in total. The molecule has 4 rings (SSSR count). The van der Waals surface area contributed by atoms with Gasteiger partial charge >= 0.3 is 0 Å². The summed E-state index contributed by atoms with van der Waals surface area (Å²) in [6.07, 6.45) is 2.04. The molecule has 1 aliphatic carbocycles. The molecule has 1 unspecified atom stereocenters. The molecule has 28 heavy (non-hydrogen) atoms. The van der Waals surface area contributed by atoms with Crippen LogP contribution >= 0.6 is 23.2 Å². The van der Waals surface area contributed by atoms with Gasteiger partial charge in [0.2, 0.25) is 5.91 Å². The van der Waals surface area contributed by atoms with E-state index in [0.29, 0.717) is 46.3 Å². The summed E-state index contributed by atoms with van der Waals surface area (Å²) in [7, 11) is 1.60. The van der Waals surface area contributed by atoms with Crippen molar-refractivity contribution in [2.45, 2.75) is 31.6 Å². The Bertz CT molecular complexity index is 999. The van der Waals surface area contributed by atoms with Crippen LogP contribution in [-0.4, -0.2) is 18.8 Å². The number of hydrogen-bond acceptors (Lipinski definition) is 3. The highest BCUT2D eigenvalue weighted by Crippen LogP contribution is 2.46. The van der Waals surface area contributed by atoms with Crippen molar-refractivity contribution in [3.63, 3.8) is 0 Å². The Hall–Kier alpha value is -2.30. The van der Waals surface area contributed by atoms with Gasteiger partial charge < -0.3 is 4.74 Å². The van der Waals surface area contributed by atoms with E-state index >= 15 is 0 Å². The van der Waals surface area contributed by atoms with Crippen molar-refractivity contribution in [2.75, 3.05) is 12.0 Å². The van der Waals surface area contributed by atoms with E-state index in [-0.39, 0.29) is 24.0 Å². The maximum Gasteiger partial charge on any atom is 0.232 e. The topological polar surface area (TPSA) is 46.6 Å². The van der Waals surface area contributed by atoms with Gasteiger partial charge in [0, 0.05) is 40.6 Å². The normalized spacial score (nSPS) is 19.7. The second-order valence-electron chi connectivity index (χ2n) is 6.96. The van der Waals surface area contributed by atoms with Crippen LogP contribution in [0.1, 0.15) is 37.2 Å². The first-order valence-electron chi connectivity index (χ1n) is 9.18. The van der Waals surface area contributed by atoms with Crippen LogP contribution in [0.3, 0.4) is 0 Å². The number of anilines is 1. The molecule has 2 aliphatic rings. The lowest BCUT2D eigenvalue weighted by molar-refractivity contribution is -0.119. The van der Waals surface area contributed by atoms with E-state index in [1.165, 1.54) is 0 Å². The third kappa shape index (κ3) is 3.21. The summed E-state index contributed by atoms with van der Waals surface area (Å²) in [5.41, 5.74) is 2.87. The number of Topliss-reactive ketones (excluding diaryl/α,β-unsaturated/α-hetero) is 1. The highest BCUT2D eigenvalue weighted by molar-refractivity contribution is 6.37. The molecule has 0 radical (unpaired) electrons. The molecule has 0 saturated carbocycles. The summed E-state index contributed by atoms with van der Waals surface area (Å²) in [5, 5.41) is 0.889. The molecule has 0 fully saturated rings. The molecule has 144 valence electrons. The lowest BCUT2D eigenvalue weighted by Gasteiger charge is -2.38. The van der Waals surface area contributed by atoms with E-state index in [9.17, 15) is 9.59 Å². The molecule has 1 heterocycles. The average molecular weight is 416 g/mol. The van der Waals surface area contributed by atoms with Crippen molar-refractivity contribution >= 4 is 40.6 Å². The lowest BCUT2D eigenvalue weighted by atomic mass is 9.77. The largest absolute Gasteiger partial charge is 0.496 e. The van der Waals surface area contributed by atoms with Gasteiger partial charge in [0.25, 0.3) is 0 Å². The SMILES string of the molecule is COc1ccccc1C1CC(=O)N(c2ccc(Cl)cc2Cl)C2=C1C(=O)CCC2. The minimum Gasteiger partial charge on any atom is -0.496 e. The molecule has 0 aromatic heterocycles. The van der Waals surface area contributed by atoms with Crippen LogP contribution in [0.2, 0.25) is 10.0 Å². The van der Waals surface area contributed by atoms with E-state index < -0.39 is 0 Å². The Balaban J connectivity index is 1.90. The van der Waals surface area contributed by atoms with Crippen LogP contribution in [0.25, 0.3) is 0 Å². The van der Waals surface area contributed by atoms with Crippen molar-refractivity contribution in [1.82, 2.24) is 0 Å². The van der Waals surface area contributed by atoms with E-state index in [0.717, 1.165) is 11.3 Å². The maximum atomic E-state index is 13.2. The predicted molar refractivity (Wildman–Crippen MR) is 110 cm³/mol. The number of rotatable bonds is 3. The Kier molecular flexibility index (Phi) is 5.17. The number of halogens is 2. The molecule has 1 aliphatic heterocycles. The van der Waals surface area contributed by atoms with E-state index in [4.69, 9.17) is 27.9 Å². The Morgan fingerprint density at radius 1 is 1.07 bits per heavy atom. The third-order valence-corrected chi connectivity index (χ3v) is 5.88. The molecule has 6 heteroatoms. The molecule has 2 aromatic carbocycles. The number of ether oxygens (including phenoxy) is 1. The van der Waals surface area contributed by atoms with Gasteiger partial charge in [-0.25, -0.2) is 0 Å². The van der Waals surface area contributed by atoms with Gasteiger partial charge in [0.15, 0.2) is 5.78 Å². The van der Waals surface area contributed by atoms with E-state index in [2.05, 4.69) is 0 Å². The standard InChI is InChI=1S/C22H19Cl2NO3/c1-28-20-8-3-2-5-14(20)15-12-21(27)25(17-10-9-13(23)11-16(17)24)18-6-4-7-19(26)22(15)18/h2-3,5,8-11,15H,4,6-7,12H2,1H3. The summed E-state index contributed by atoms with van der Waals surface area (Å²) in [5.74, 6) is 0.366. The van der Waals surface area contributed by atoms with Crippen LogP contribution in [0.4, 0.5) is 5.69 Å². The zero-order valence-corrected chi connectivity index (χ0v) is 16.9. The van der Waals surface area contributed by atoms with Crippen molar-refractivity contribution in [3.8, 4) is 5.75 Å². The number of allylic oxidation sites excluding steroid dienone is 2. The van der Waals surface area contributed by atoms with Crippen molar-refractivity contribution in [2.24, 2.45) is 0 Å². The average Bonchev–Trinajstić information content (AvgIpc) is 2.68. The molecule has 0 spiro atoms. The monoisotopic (exact) mass is 415 g/mol. The van der Waals surface area contributed by atoms with Gasteiger partial charge in [0.05, 0.1) is 17.8 Å². The summed E-state index contributed by atoms with van der Waals surface area (Å²) in [6, 6.07) is 12.6. The summed E-state index contributed by atoms with van der Waals surface area (Å²) >= 11 is 12.4. The Morgan fingerprint density at radius 2 is 1.86 bits per heavy atom. The number of hydrogen-bond donors (Lipinski definition) is 0. The number of carbonyl (C=O) groups is 2. The Morgan fingerprint density at radius 3 is 2.61 bits per heavy atom. The Labute approximate surface area is 173 Å². The second kappa shape index (κ2) is 7.61. The van der Waals surface area contributed by atoms with Crippen LogP contribution in [0.15, 0.2) is 53.7 Å². The van der Waals surface area contributed by atoms with Crippen molar-refractivity contribution < 1.29 is 14.3 Å². The number of ketones is 1. The van der Waals surface area contributed by atoms with Gasteiger partial charge in [0.1, 0.15) is 5.75 Å². The maximum absolute atomic E-state index is 13.2. The minimum absolute atomic E-state index is 0.0831. The molecule has 1 amide bonds. The van der Waals surface area contributed by atoms with Crippen LogP contribution in [-0.2, 0) is 9.59 Å². The molecule has 0 N–H and O–H groups in total. The zero-order chi connectivity index (χ0) is 19.8. The highest BCUT2D eigenvalue weighted by Gasteiger charge is 2.41. The number of nitrogens with zero attached hydrogens (tertiary/aromatic N) is 1. The van der Waals surface area contributed by atoms with Crippen molar-refractivity contribution in [1.29, 1.82) is 0 Å². The van der Waals surface area contributed by atoms with Gasteiger partial charge in [-0.1, -0.05) is 41.4 Å². The number of para-hydroxylation sites is 1. The fourth-order valence-electron chi connectivity index (χ4n) is 4.15. The van der Waals surface area contributed by atoms with Crippen LogP contribution in [0, 0.1) is 0 Å². The molecular formula is C22H19Cl2NO3. The molecular weight excluding hydrogens is 397 g/mol. The number of benzene rings is 2. The summed E-state index contributed by atoms with van der Waals surface area (Å²) < 4.78 is 5.50. The van der Waals surface area contributed by atoms with E-state index in [1.54, 1.807) is 30.2 Å². The molecule has 1 atom stereocenters. The first-order valence-corrected chi connectivity index (χ1v) is 9.94. The predicted octanol–water partition coefficient (Wildman–Crippen LogP) is 5.53. The van der Waals surface area contributed by atoms with Crippen LogP contribution in [0.5, 0.6) is 5.75 Å². The smallest absolute Gasteiger partial charge is 0.232 e. The fourth-order valence-corrected chi connectivity index (χ4v) is 4.65. The van der Waals surface area contributed by atoms with E-state index in [1.807, 2.05) is 24.3 Å². The fraction of sp³-hybridized carbons (Fsp3) is 0.273. The number of methoxy groups -OCH3 is 1. The molecule has 2 aromatic rings. The third-order valence-electron chi connectivity index (χ3n) is 5.34. The zero-order valence-electron chi connectivity index (χ0n) is 15.4. The quantitative estimate of drug-likeness (QED) is 0.661.